The summed E-state index contributed by atoms with van der Waals surface area (Å²) in [5, 5.41) is 25.1. The molecule has 0 heterocycles. The maximum atomic E-state index is 11.1. The molecule has 0 aromatic heterocycles. The Kier molecular flexibility index (Phi) is 8.21. The van der Waals surface area contributed by atoms with E-state index in [1.807, 2.05) is 18.2 Å². The molecule has 6 heteroatoms. The number of nitrogens with zero attached hydrogens (tertiary/aromatic N) is 4. The first-order valence-corrected chi connectivity index (χ1v) is 4.73. The van der Waals surface area contributed by atoms with Crippen molar-refractivity contribution in [2.75, 3.05) is 26.2 Å². The van der Waals surface area contributed by atoms with Crippen molar-refractivity contribution in [3.05, 3.63) is 0 Å². The third-order valence-corrected chi connectivity index (χ3v) is 1.70. The third-order valence-electron chi connectivity index (χ3n) is 1.70. The van der Waals surface area contributed by atoms with E-state index < -0.39 is 5.97 Å². The molecule has 0 spiro atoms. The summed E-state index contributed by atoms with van der Waals surface area (Å²) in [5.74, 6) is -0.420. The molecule has 0 aliphatic heterocycles. The van der Waals surface area contributed by atoms with Crippen molar-refractivity contribution in [1.82, 2.24) is 4.90 Å². The molecule has 0 N–H and O–H groups in total. The molecule has 0 rings (SSSR count). The largest absolute Gasteiger partial charge is 0.465 e. The second-order valence-electron chi connectivity index (χ2n) is 2.91. The van der Waals surface area contributed by atoms with Crippen LogP contribution in [0.1, 0.15) is 12.8 Å². The van der Waals surface area contributed by atoms with Crippen LogP contribution in [-0.4, -0.2) is 37.1 Å². The van der Waals surface area contributed by atoms with Crippen LogP contribution in [0.4, 0.5) is 0 Å². The van der Waals surface area contributed by atoms with Gasteiger partial charge in [0.25, 0.3) is 0 Å². The third kappa shape index (κ3) is 7.32. The fourth-order valence-electron chi connectivity index (χ4n) is 0.946. The van der Waals surface area contributed by atoms with Gasteiger partial charge in [0.05, 0.1) is 44.1 Å². The van der Waals surface area contributed by atoms with Crippen molar-refractivity contribution < 1.29 is 9.53 Å². The Hall–Kier alpha value is -2.10. The Morgan fingerprint density at radius 2 is 1.75 bits per heavy atom. The fraction of sp³-hybridized carbons (Fsp3) is 0.600. The Morgan fingerprint density at radius 3 is 2.25 bits per heavy atom. The molecular weight excluding hydrogens is 208 g/mol. The summed E-state index contributed by atoms with van der Waals surface area (Å²) >= 11 is 0. The zero-order valence-electron chi connectivity index (χ0n) is 8.85. The molecule has 0 aliphatic carbocycles. The van der Waals surface area contributed by atoms with E-state index in [0.29, 0.717) is 6.54 Å². The summed E-state index contributed by atoms with van der Waals surface area (Å²) < 4.78 is 4.74. The molecular formula is C10H12N4O2. The van der Waals surface area contributed by atoms with Crippen LogP contribution in [0, 0.1) is 34.0 Å². The maximum Gasteiger partial charge on any atom is 0.307 e. The van der Waals surface area contributed by atoms with Crippen LogP contribution in [-0.2, 0) is 9.53 Å². The zero-order chi connectivity index (χ0) is 12.2. The second kappa shape index (κ2) is 9.45. The lowest BCUT2D eigenvalue weighted by molar-refractivity contribution is -0.143. The Labute approximate surface area is 94.2 Å². The van der Waals surface area contributed by atoms with Gasteiger partial charge in [0.15, 0.2) is 0 Å². The molecule has 0 aromatic carbocycles. The van der Waals surface area contributed by atoms with Crippen LogP contribution in [0.25, 0.3) is 0 Å². The van der Waals surface area contributed by atoms with Gasteiger partial charge in [0, 0.05) is 6.54 Å². The first kappa shape index (κ1) is 13.9. The topological polar surface area (TPSA) is 101 Å². The molecule has 0 saturated carbocycles. The van der Waals surface area contributed by atoms with Gasteiger partial charge >= 0.3 is 5.97 Å². The minimum atomic E-state index is -0.420. The molecule has 0 amide bonds. The molecule has 0 atom stereocenters. The van der Waals surface area contributed by atoms with Crippen LogP contribution in [0.3, 0.4) is 0 Å². The summed E-state index contributed by atoms with van der Waals surface area (Å²) in [5.41, 5.74) is 0. The van der Waals surface area contributed by atoms with Crippen LogP contribution in [0.15, 0.2) is 0 Å². The lowest BCUT2D eigenvalue weighted by Crippen LogP contribution is -2.27. The maximum absolute atomic E-state index is 11.1. The van der Waals surface area contributed by atoms with E-state index in [1.165, 1.54) is 0 Å². The molecule has 0 bridgehead atoms. The van der Waals surface area contributed by atoms with Gasteiger partial charge in [-0.2, -0.15) is 15.8 Å². The van der Waals surface area contributed by atoms with E-state index in [0.717, 1.165) is 0 Å². The van der Waals surface area contributed by atoms with Crippen molar-refractivity contribution in [2.24, 2.45) is 0 Å². The minimum Gasteiger partial charge on any atom is -0.465 e. The van der Waals surface area contributed by atoms with Crippen molar-refractivity contribution >= 4 is 5.97 Å². The smallest absolute Gasteiger partial charge is 0.307 e. The normalized spacial score (nSPS) is 8.88. The van der Waals surface area contributed by atoms with E-state index in [1.54, 1.807) is 4.90 Å². The summed E-state index contributed by atoms with van der Waals surface area (Å²) in [6.07, 6.45) is 0.292. The molecule has 0 aromatic rings. The number of hydrogen-bond donors (Lipinski definition) is 0. The van der Waals surface area contributed by atoms with Gasteiger partial charge in [-0.05, 0) is 0 Å². The van der Waals surface area contributed by atoms with Gasteiger partial charge in [-0.15, -0.1) is 0 Å². The van der Waals surface area contributed by atoms with Crippen molar-refractivity contribution in [2.45, 2.75) is 12.8 Å². The van der Waals surface area contributed by atoms with Gasteiger partial charge in [-0.25, -0.2) is 0 Å². The second-order valence-corrected chi connectivity index (χ2v) is 2.91. The predicted molar refractivity (Wildman–Crippen MR) is 53.5 cm³/mol. The lowest BCUT2D eigenvalue weighted by Gasteiger charge is -2.13. The van der Waals surface area contributed by atoms with Crippen molar-refractivity contribution in [3.63, 3.8) is 0 Å². The minimum absolute atomic E-state index is 0.0891. The molecule has 0 radical (unpaired) electrons. The lowest BCUT2D eigenvalue weighted by atomic mass is 10.3. The summed E-state index contributed by atoms with van der Waals surface area (Å²) in [4.78, 5) is 12.7. The number of carbonyl (C=O) groups excluding carboxylic acids is 1. The molecule has 0 saturated heterocycles. The van der Waals surface area contributed by atoms with Crippen LogP contribution < -0.4 is 0 Å². The monoisotopic (exact) mass is 220 g/mol. The highest BCUT2D eigenvalue weighted by atomic mass is 16.5. The molecule has 0 unspecified atom stereocenters. The highest BCUT2D eigenvalue weighted by Gasteiger charge is 2.08. The average molecular weight is 220 g/mol. The molecule has 0 aliphatic rings. The van der Waals surface area contributed by atoms with Gasteiger partial charge in [0.2, 0.25) is 0 Å². The standard InChI is InChI=1S/C10H12N4O2/c11-3-1-9-16-10(15)2-6-14(7-4-12)8-5-13/h1-2,6-9H2. The Bertz CT molecular complexity index is 318. The van der Waals surface area contributed by atoms with E-state index in [2.05, 4.69) is 0 Å². The molecule has 84 valence electrons. The van der Waals surface area contributed by atoms with Gasteiger partial charge in [0.1, 0.15) is 6.61 Å². The van der Waals surface area contributed by atoms with Gasteiger partial charge in [-0.1, -0.05) is 0 Å². The Balaban J connectivity index is 3.76. The summed E-state index contributed by atoms with van der Waals surface area (Å²) in [6.45, 7) is 0.621. The first-order chi connectivity index (χ1) is 7.74. The van der Waals surface area contributed by atoms with Crippen molar-refractivity contribution in [1.29, 1.82) is 15.8 Å². The highest BCUT2D eigenvalue weighted by Crippen LogP contribution is 1.94. The molecule has 16 heavy (non-hydrogen) atoms. The van der Waals surface area contributed by atoms with Gasteiger partial charge < -0.3 is 4.74 Å². The van der Waals surface area contributed by atoms with E-state index in [4.69, 9.17) is 20.5 Å². The van der Waals surface area contributed by atoms with E-state index in [9.17, 15) is 4.79 Å². The molecule has 0 fully saturated rings. The molecule has 6 nitrogen and oxygen atoms in total. The summed E-state index contributed by atoms with van der Waals surface area (Å²) in [7, 11) is 0. The van der Waals surface area contributed by atoms with Crippen LogP contribution >= 0.6 is 0 Å². The number of hydrogen-bond acceptors (Lipinski definition) is 6. The number of nitriles is 3. The first-order valence-electron chi connectivity index (χ1n) is 4.73. The van der Waals surface area contributed by atoms with E-state index >= 15 is 0 Å². The predicted octanol–water partition coefficient (Wildman–Crippen LogP) is 0.183. The van der Waals surface area contributed by atoms with Crippen LogP contribution in [0.2, 0.25) is 0 Å². The highest BCUT2D eigenvalue weighted by molar-refractivity contribution is 5.69. The number of ether oxygens (including phenoxy) is 1. The zero-order valence-corrected chi connectivity index (χ0v) is 8.85. The van der Waals surface area contributed by atoms with Crippen LogP contribution in [0.5, 0.6) is 0 Å². The quantitative estimate of drug-likeness (QED) is 0.344. The number of carbonyl (C=O) groups is 1. The van der Waals surface area contributed by atoms with E-state index in [-0.39, 0.29) is 32.5 Å². The summed E-state index contributed by atoms with van der Waals surface area (Å²) in [6, 6.07) is 5.67. The van der Waals surface area contributed by atoms with Crippen molar-refractivity contribution in [3.8, 4) is 18.2 Å². The average Bonchev–Trinajstić information content (AvgIpc) is 2.27. The van der Waals surface area contributed by atoms with Gasteiger partial charge in [-0.3, -0.25) is 9.69 Å². The number of esters is 1. The Morgan fingerprint density at radius 1 is 1.12 bits per heavy atom. The fourth-order valence-corrected chi connectivity index (χ4v) is 0.946. The number of rotatable bonds is 7. The SMILES string of the molecule is N#CCCOC(=O)CCN(CC#N)CC#N.